The summed E-state index contributed by atoms with van der Waals surface area (Å²) in [7, 11) is 1.52. The fourth-order valence-electron chi connectivity index (χ4n) is 3.75. The molecule has 0 N–H and O–H groups in total. The molecule has 8 nitrogen and oxygen atoms in total. The van der Waals surface area contributed by atoms with E-state index in [1.807, 2.05) is 44.2 Å². The lowest BCUT2D eigenvalue weighted by Gasteiger charge is -2.49. The van der Waals surface area contributed by atoms with Crippen LogP contribution >= 0.6 is 18.5 Å². The molecule has 0 aromatic heterocycles. The van der Waals surface area contributed by atoms with Gasteiger partial charge in [-0.3, -0.25) is 9.32 Å². The Morgan fingerprint density at radius 2 is 1.88 bits per heavy atom. The van der Waals surface area contributed by atoms with Gasteiger partial charge in [0, 0.05) is 25.0 Å². The number of carbonyl (C=O) groups excluding carboxylic acids is 1. The largest absolute Gasteiger partial charge is 0.353 e. The monoisotopic (exact) mass is 504 g/mol. The summed E-state index contributed by atoms with van der Waals surface area (Å²) in [6.07, 6.45) is -3.00. The first kappa shape index (κ1) is 24.7. The predicted molar refractivity (Wildman–Crippen MR) is 123 cm³/mol. The molecular formula is C21H29O8PS2. The van der Waals surface area contributed by atoms with Crippen molar-refractivity contribution < 1.29 is 37.3 Å². The lowest BCUT2D eigenvalue weighted by atomic mass is 9.97. The number of hydrogen-bond donors (Lipinski definition) is 0. The van der Waals surface area contributed by atoms with Crippen LogP contribution in [0.3, 0.4) is 0 Å². The minimum Gasteiger partial charge on any atom is -0.353 e. The van der Waals surface area contributed by atoms with Gasteiger partial charge in [-0.15, -0.1) is 0 Å². The maximum atomic E-state index is 12.2. The van der Waals surface area contributed by atoms with Gasteiger partial charge in [0.15, 0.2) is 17.7 Å². The third-order valence-corrected chi connectivity index (χ3v) is 8.79. The normalized spacial score (nSPS) is 36.2. The molecule has 6 atom stereocenters. The van der Waals surface area contributed by atoms with E-state index in [1.54, 1.807) is 0 Å². The van der Waals surface area contributed by atoms with Crippen LogP contribution in [0.15, 0.2) is 30.3 Å². The molecule has 4 rings (SSSR count). The molecule has 0 amide bonds. The summed E-state index contributed by atoms with van der Waals surface area (Å²) in [5.74, 6) is 0. The Kier molecular flexibility index (Phi) is 7.79. The molecule has 178 valence electrons. The van der Waals surface area contributed by atoms with Crippen molar-refractivity contribution in [3.63, 3.8) is 0 Å². The van der Waals surface area contributed by atoms with Crippen LogP contribution in [0.1, 0.15) is 32.6 Å². The molecule has 3 heterocycles. The van der Waals surface area contributed by atoms with Crippen LogP contribution in [-0.4, -0.2) is 61.9 Å². The van der Waals surface area contributed by atoms with Crippen molar-refractivity contribution in [1.82, 2.24) is 0 Å². The quantitative estimate of drug-likeness (QED) is 0.552. The number of methoxy groups -OCH3 is 1. The van der Waals surface area contributed by atoms with Gasteiger partial charge in [-0.1, -0.05) is 55.9 Å². The van der Waals surface area contributed by atoms with Gasteiger partial charge in [0.1, 0.15) is 18.3 Å². The predicted octanol–water partition coefficient (Wildman–Crippen LogP) is 3.80. The van der Waals surface area contributed by atoms with E-state index in [-0.39, 0.29) is 10.5 Å². The SMILES string of the molecule is CO[C@H]1O[C@@H]2CO[C@@H](c3ccccc3)O[C@H]2[C@H](SC(C)=O)[C@H]1OP1(=S)OCC(C)(C)CO1. The number of thioether (sulfide) groups is 1. The van der Waals surface area contributed by atoms with E-state index in [2.05, 4.69) is 0 Å². The molecule has 3 saturated heterocycles. The molecule has 11 heteroatoms. The van der Waals surface area contributed by atoms with E-state index in [9.17, 15) is 4.79 Å². The van der Waals surface area contributed by atoms with Gasteiger partial charge in [-0.05, 0) is 11.8 Å². The zero-order chi connectivity index (χ0) is 22.9. The molecule has 3 aliphatic rings. The maximum absolute atomic E-state index is 12.2. The molecule has 0 aliphatic carbocycles. The standard InChI is InChI=1S/C21H29O8PS2/c1-13(22)32-18-16-15(10-24-19(28-16)14-8-6-5-7-9-14)27-20(23-4)17(18)29-30(31)25-11-21(2,3)12-26-30/h5-9,15-20H,10-12H2,1-4H3/t15-,16-,17-,18+,19-,20+/m1/s1. The Bertz CT molecular complexity index is 839. The van der Waals surface area contributed by atoms with Gasteiger partial charge in [0.2, 0.25) is 0 Å². The summed E-state index contributed by atoms with van der Waals surface area (Å²) >= 11 is 6.75. The van der Waals surface area contributed by atoms with Gasteiger partial charge in [0.05, 0.1) is 25.1 Å². The molecule has 0 spiro atoms. The molecule has 0 unspecified atom stereocenters. The van der Waals surface area contributed by atoms with Crippen LogP contribution in [0.25, 0.3) is 0 Å². The first-order valence-electron chi connectivity index (χ1n) is 10.4. The Labute approximate surface area is 197 Å². The molecule has 32 heavy (non-hydrogen) atoms. The average Bonchev–Trinajstić information content (AvgIpc) is 2.77. The van der Waals surface area contributed by atoms with Crippen LogP contribution in [-0.2, 0) is 49.1 Å². The van der Waals surface area contributed by atoms with Crippen molar-refractivity contribution in [1.29, 1.82) is 0 Å². The molecular weight excluding hydrogens is 475 g/mol. The van der Waals surface area contributed by atoms with E-state index in [0.717, 1.165) is 17.3 Å². The van der Waals surface area contributed by atoms with Gasteiger partial charge >= 0.3 is 6.72 Å². The highest BCUT2D eigenvalue weighted by Crippen LogP contribution is 2.58. The molecule has 3 aliphatic heterocycles. The summed E-state index contributed by atoms with van der Waals surface area (Å²) in [6, 6.07) is 9.64. The van der Waals surface area contributed by atoms with Crippen molar-refractivity contribution in [2.45, 2.75) is 56.9 Å². The number of benzene rings is 1. The second kappa shape index (κ2) is 10.1. The Morgan fingerprint density at radius 3 is 2.50 bits per heavy atom. The molecule has 0 saturated carbocycles. The van der Waals surface area contributed by atoms with E-state index < -0.39 is 42.9 Å². The van der Waals surface area contributed by atoms with Gasteiger partial charge < -0.3 is 28.0 Å². The van der Waals surface area contributed by atoms with E-state index in [0.29, 0.717) is 19.8 Å². The Morgan fingerprint density at radius 1 is 1.19 bits per heavy atom. The van der Waals surface area contributed by atoms with Crippen LogP contribution in [0, 0.1) is 5.41 Å². The van der Waals surface area contributed by atoms with Crippen LogP contribution in [0.5, 0.6) is 0 Å². The van der Waals surface area contributed by atoms with Gasteiger partial charge in [-0.2, -0.15) is 0 Å². The number of rotatable bonds is 5. The van der Waals surface area contributed by atoms with E-state index in [4.69, 9.17) is 44.3 Å². The summed E-state index contributed by atoms with van der Waals surface area (Å²) in [4.78, 5) is 12.2. The van der Waals surface area contributed by atoms with Crippen LogP contribution in [0.4, 0.5) is 0 Å². The summed E-state index contributed by atoms with van der Waals surface area (Å²) in [5.41, 5.74) is 0.734. The Balaban J connectivity index is 1.58. The summed E-state index contributed by atoms with van der Waals surface area (Å²) < 4.78 is 41.9. The van der Waals surface area contributed by atoms with Crippen molar-refractivity contribution in [3.8, 4) is 0 Å². The topological polar surface area (TPSA) is 81.7 Å². The highest BCUT2D eigenvalue weighted by Gasteiger charge is 2.53. The smallest absolute Gasteiger partial charge is 0.327 e. The highest BCUT2D eigenvalue weighted by atomic mass is 32.5. The van der Waals surface area contributed by atoms with E-state index >= 15 is 0 Å². The fraction of sp³-hybridized carbons (Fsp3) is 0.667. The maximum Gasteiger partial charge on any atom is 0.327 e. The minimum atomic E-state index is -3.05. The number of carbonyl (C=O) groups is 1. The van der Waals surface area contributed by atoms with Crippen LogP contribution < -0.4 is 0 Å². The van der Waals surface area contributed by atoms with Crippen molar-refractivity contribution >= 4 is 35.4 Å². The molecule has 3 fully saturated rings. The summed E-state index contributed by atoms with van der Waals surface area (Å²) in [5, 5.41) is -0.526. The molecule has 0 radical (unpaired) electrons. The highest BCUT2D eigenvalue weighted by molar-refractivity contribution is 8.14. The van der Waals surface area contributed by atoms with E-state index in [1.165, 1.54) is 14.0 Å². The lowest BCUT2D eigenvalue weighted by Crippen LogP contribution is -2.61. The van der Waals surface area contributed by atoms with Gasteiger partial charge in [0.25, 0.3) is 0 Å². The summed E-state index contributed by atoms with van der Waals surface area (Å²) in [6.45, 7) is 3.67. The molecule has 1 aromatic carbocycles. The zero-order valence-electron chi connectivity index (χ0n) is 18.5. The lowest BCUT2D eigenvalue weighted by molar-refractivity contribution is -0.328. The number of fused-ring (bicyclic) bond motifs is 1. The fourth-order valence-corrected chi connectivity index (χ4v) is 7.26. The molecule has 0 bridgehead atoms. The third-order valence-electron chi connectivity index (χ3n) is 5.37. The first-order valence-corrected chi connectivity index (χ1v) is 13.9. The minimum absolute atomic E-state index is 0.0752. The second-order valence-electron chi connectivity index (χ2n) is 8.76. The number of hydrogen-bond acceptors (Lipinski definition) is 10. The van der Waals surface area contributed by atoms with Crippen molar-refractivity contribution in [2.24, 2.45) is 5.41 Å². The second-order valence-corrected chi connectivity index (χ2v) is 13.1. The van der Waals surface area contributed by atoms with Crippen molar-refractivity contribution in [2.75, 3.05) is 26.9 Å². The van der Waals surface area contributed by atoms with Gasteiger partial charge in [-0.25, -0.2) is 0 Å². The van der Waals surface area contributed by atoms with Crippen molar-refractivity contribution in [3.05, 3.63) is 35.9 Å². The molecule has 1 aromatic rings. The Hall–Kier alpha value is -0.390. The van der Waals surface area contributed by atoms with Crippen LogP contribution in [0.2, 0.25) is 0 Å². The number of ether oxygens (including phenoxy) is 4. The first-order chi connectivity index (χ1) is 15.2. The average molecular weight is 505 g/mol. The zero-order valence-corrected chi connectivity index (χ0v) is 21.0. The third kappa shape index (κ3) is 5.63.